The summed E-state index contributed by atoms with van der Waals surface area (Å²) < 4.78 is 27.9. The summed E-state index contributed by atoms with van der Waals surface area (Å²) in [6.45, 7) is 0. The Hall–Kier alpha value is -3.39. The number of benzene rings is 2. The topological polar surface area (TPSA) is 88.9 Å². The van der Waals surface area contributed by atoms with Crippen molar-refractivity contribution in [1.82, 2.24) is 9.97 Å². The normalized spacial score (nSPS) is 11.2. The molecule has 0 atom stereocenters. The number of halogens is 3. The van der Waals surface area contributed by atoms with Crippen LogP contribution >= 0.6 is 11.6 Å². The van der Waals surface area contributed by atoms with Crippen LogP contribution in [0.3, 0.4) is 0 Å². The molecule has 4 rings (SSSR count). The molecule has 4 aromatic rings. The quantitative estimate of drug-likeness (QED) is 0.311. The van der Waals surface area contributed by atoms with Gasteiger partial charge in [-0.1, -0.05) is 11.6 Å². The second-order valence-corrected chi connectivity index (χ2v) is 6.22. The zero-order valence-corrected chi connectivity index (χ0v) is 14.1. The van der Waals surface area contributed by atoms with Gasteiger partial charge in [0.05, 0.1) is 15.5 Å². The Kier molecular flexibility index (Phi) is 3.85. The predicted molar refractivity (Wildman–Crippen MR) is 95.1 cm³/mol. The van der Waals surface area contributed by atoms with E-state index in [1.807, 2.05) is 0 Å². The van der Waals surface area contributed by atoms with Gasteiger partial charge in [-0.2, -0.15) is 8.78 Å². The third kappa shape index (κ3) is 2.70. The van der Waals surface area contributed by atoms with E-state index >= 15 is 0 Å². The molecule has 6 nitrogen and oxygen atoms in total. The lowest BCUT2D eigenvalue weighted by Gasteiger charge is -2.05. The molecule has 0 aliphatic heterocycles. The van der Waals surface area contributed by atoms with E-state index in [-0.39, 0.29) is 5.56 Å². The van der Waals surface area contributed by atoms with Crippen molar-refractivity contribution >= 4 is 45.0 Å². The lowest BCUT2D eigenvalue weighted by Crippen LogP contribution is -2.08. The zero-order chi connectivity index (χ0) is 19.3. The minimum absolute atomic E-state index is 0.0863. The lowest BCUT2D eigenvalue weighted by atomic mass is 10.00. The Balaban J connectivity index is 1.88. The van der Waals surface area contributed by atoms with Gasteiger partial charge < -0.3 is 4.98 Å². The molecule has 27 heavy (non-hydrogen) atoms. The monoisotopic (exact) mass is 387 g/mol. The fourth-order valence-electron chi connectivity index (χ4n) is 2.93. The van der Waals surface area contributed by atoms with Gasteiger partial charge >= 0.3 is 5.69 Å². The van der Waals surface area contributed by atoms with E-state index < -0.39 is 33.6 Å². The van der Waals surface area contributed by atoms with Crippen LogP contribution in [0.15, 0.2) is 42.6 Å². The van der Waals surface area contributed by atoms with Crippen LogP contribution in [-0.2, 0) is 0 Å². The SMILES string of the molecule is O=C(c1ccc2[nH]c3ncc(Cl)cc3c2c1)c1ccc(F)c([N+](=O)[O-])c1F. The molecule has 0 aliphatic carbocycles. The Morgan fingerprint density at radius 3 is 2.67 bits per heavy atom. The van der Waals surface area contributed by atoms with Gasteiger partial charge in [-0.05, 0) is 36.4 Å². The molecule has 1 N–H and O–H groups in total. The van der Waals surface area contributed by atoms with Gasteiger partial charge in [0.15, 0.2) is 5.78 Å². The number of nitrogens with one attached hydrogen (secondary N) is 1. The maximum absolute atomic E-state index is 14.3. The number of carbonyl (C=O) groups excluding carboxylic acids is 1. The van der Waals surface area contributed by atoms with Gasteiger partial charge in [0, 0.05) is 28.0 Å². The van der Waals surface area contributed by atoms with Crippen LogP contribution in [0.25, 0.3) is 21.9 Å². The van der Waals surface area contributed by atoms with Gasteiger partial charge in [0.25, 0.3) is 0 Å². The molecule has 0 aliphatic rings. The van der Waals surface area contributed by atoms with E-state index in [4.69, 9.17) is 11.6 Å². The van der Waals surface area contributed by atoms with E-state index in [1.54, 1.807) is 12.1 Å². The third-order valence-corrected chi connectivity index (χ3v) is 4.38. The third-order valence-electron chi connectivity index (χ3n) is 4.17. The number of ketones is 1. The van der Waals surface area contributed by atoms with E-state index in [0.717, 1.165) is 6.07 Å². The van der Waals surface area contributed by atoms with Gasteiger partial charge in [-0.15, -0.1) is 0 Å². The summed E-state index contributed by atoms with van der Waals surface area (Å²) >= 11 is 5.96. The number of nitrogens with zero attached hydrogens (tertiary/aromatic N) is 2. The molecule has 134 valence electrons. The predicted octanol–water partition coefficient (Wildman–Crippen LogP) is 4.79. The molecular formula is C18H8ClF2N3O3. The number of aromatic nitrogens is 2. The van der Waals surface area contributed by atoms with E-state index in [9.17, 15) is 23.7 Å². The molecule has 0 unspecified atom stereocenters. The molecule has 0 amide bonds. The average Bonchev–Trinajstić information content (AvgIpc) is 2.98. The van der Waals surface area contributed by atoms with Crippen molar-refractivity contribution in [3.8, 4) is 0 Å². The molecule has 0 spiro atoms. The number of hydrogen-bond acceptors (Lipinski definition) is 4. The molecule has 2 heterocycles. The fraction of sp³-hybridized carbons (Fsp3) is 0. The van der Waals surface area contributed by atoms with Gasteiger partial charge in [0.2, 0.25) is 11.6 Å². The number of rotatable bonds is 3. The summed E-state index contributed by atoms with van der Waals surface area (Å²) in [5.74, 6) is -3.66. The summed E-state index contributed by atoms with van der Waals surface area (Å²) in [7, 11) is 0. The van der Waals surface area contributed by atoms with Gasteiger partial charge in [-0.25, -0.2) is 4.98 Å². The molecule has 0 bridgehead atoms. The molecule has 2 aromatic heterocycles. The smallest absolute Gasteiger partial charge is 0.339 e. The van der Waals surface area contributed by atoms with Crippen molar-refractivity contribution in [2.45, 2.75) is 0 Å². The zero-order valence-electron chi connectivity index (χ0n) is 13.3. The number of carbonyl (C=O) groups is 1. The van der Waals surface area contributed by atoms with E-state index in [1.165, 1.54) is 18.3 Å². The second-order valence-electron chi connectivity index (χ2n) is 5.78. The van der Waals surface area contributed by atoms with Crippen LogP contribution in [-0.4, -0.2) is 20.7 Å². The first-order valence-corrected chi connectivity index (χ1v) is 7.98. The molecule has 0 radical (unpaired) electrons. The fourth-order valence-corrected chi connectivity index (χ4v) is 3.09. The molecule has 0 fully saturated rings. The molecule has 0 saturated carbocycles. The first kappa shape index (κ1) is 17.0. The minimum atomic E-state index is -1.51. The summed E-state index contributed by atoms with van der Waals surface area (Å²) in [5.41, 5.74) is -0.615. The highest BCUT2D eigenvalue weighted by molar-refractivity contribution is 6.31. The Bertz CT molecular complexity index is 1270. The van der Waals surface area contributed by atoms with Crippen molar-refractivity contribution < 1.29 is 18.5 Å². The molecule has 2 aromatic carbocycles. The van der Waals surface area contributed by atoms with Crippen LogP contribution in [0.1, 0.15) is 15.9 Å². The van der Waals surface area contributed by atoms with Crippen molar-refractivity contribution in [1.29, 1.82) is 0 Å². The molecular weight excluding hydrogens is 380 g/mol. The van der Waals surface area contributed by atoms with Crippen LogP contribution in [0.5, 0.6) is 0 Å². The number of aromatic amines is 1. The molecule has 9 heteroatoms. The summed E-state index contributed by atoms with van der Waals surface area (Å²) in [6.07, 6.45) is 1.47. The highest BCUT2D eigenvalue weighted by atomic mass is 35.5. The Morgan fingerprint density at radius 2 is 1.93 bits per heavy atom. The maximum Gasteiger partial charge on any atom is 0.340 e. The van der Waals surface area contributed by atoms with Gasteiger partial charge in [0.1, 0.15) is 5.65 Å². The highest BCUT2D eigenvalue weighted by Gasteiger charge is 2.27. The Labute approximate surface area is 154 Å². The first-order chi connectivity index (χ1) is 12.9. The van der Waals surface area contributed by atoms with Crippen molar-refractivity contribution in [3.63, 3.8) is 0 Å². The molecule has 0 saturated heterocycles. The van der Waals surface area contributed by atoms with Crippen LogP contribution in [0, 0.1) is 21.7 Å². The summed E-state index contributed by atoms with van der Waals surface area (Å²) in [4.78, 5) is 29.6. The number of pyridine rings is 1. The summed E-state index contributed by atoms with van der Waals surface area (Å²) in [6, 6.07) is 7.80. The number of nitro groups is 1. The average molecular weight is 388 g/mol. The maximum atomic E-state index is 14.3. The Morgan fingerprint density at radius 1 is 1.15 bits per heavy atom. The highest BCUT2D eigenvalue weighted by Crippen LogP contribution is 2.30. The number of nitro benzene ring substituents is 1. The first-order valence-electron chi connectivity index (χ1n) is 7.61. The van der Waals surface area contributed by atoms with E-state index in [0.29, 0.717) is 33.0 Å². The largest absolute Gasteiger partial charge is 0.340 e. The second kappa shape index (κ2) is 6.10. The van der Waals surface area contributed by atoms with Crippen LogP contribution in [0.4, 0.5) is 14.5 Å². The van der Waals surface area contributed by atoms with E-state index in [2.05, 4.69) is 9.97 Å². The number of hydrogen-bond donors (Lipinski definition) is 1. The number of fused-ring (bicyclic) bond motifs is 3. The van der Waals surface area contributed by atoms with Crippen molar-refractivity contribution in [3.05, 3.63) is 80.5 Å². The van der Waals surface area contributed by atoms with Crippen LogP contribution < -0.4 is 0 Å². The van der Waals surface area contributed by atoms with Crippen molar-refractivity contribution in [2.24, 2.45) is 0 Å². The van der Waals surface area contributed by atoms with Crippen molar-refractivity contribution in [2.75, 3.05) is 0 Å². The minimum Gasteiger partial charge on any atom is -0.339 e. The lowest BCUT2D eigenvalue weighted by molar-refractivity contribution is -0.390. The van der Waals surface area contributed by atoms with Gasteiger partial charge in [-0.3, -0.25) is 14.9 Å². The number of H-pyrrole nitrogens is 1. The standard InChI is InChI=1S/C18H8ClF2N3O3/c19-9-6-12-11-5-8(1-4-14(11)23-18(12)22-7-9)17(25)10-2-3-13(20)16(15(10)21)24(26)27/h1-7H,(H,22,23). The van der Waals surface area contributed by atoms with Crippen LogP contribution in [0.2, 0.25) is 5.02 Å². The summed E-state index contributed by atoms with van der Waals surface area (Å²) in [5, 5.41) is 12.6.